The van der Waals surface area contributed by atoms with Crippen molar-refractivity contribution in [1.29, 1.82) is 0 Å². The molecule has 1 amide bonds. The summed E-state index contributed by atoms with van der Waals surface area (Å²) in [4.78, 5) is 25.1. The number of amides is 1. The number of aromatic nitrogens is 5. The maximum atomic E-state index is 12.6. The smallest absolute Gasteiger partial charge is 0.278 e. The van der Waals surface area contributed by atoms with Crippen LogP contribution in [0, 0.1) is 13.8 Å². The van der Waals surface area contributed by atoms with E-state index in [0.717, 1.165) is 17.4 Å². The summed E-state index contributed by atoms with van der Waals surface area (Å²) in [5.74, 6) is 1.53. The lowest BCUT2D eigenvalue weighted by Crippen LogP contribution is -2.15. The highest BCUT2D eigenvalue weighted by Crippen LogP contribution is 2.28. The molecule has 3 heterocycles. The molecule has 2 N–H and O–H groups in total. The highest BCUT2D eigenvalue weighted by Gasteiger charge is 2.19. The number of hydrogen-bond donors (Lipinski definition) is 2. The summed E-state index contributed by atoms with van der Waals surface area (Å²) in [5, 5.41) is 11.7. The van der Waals surface area contributed by atoms with E-state index in [1.165, 1.54) is 11.3 Å². The van der Waals surface area contributed by atoms with Crippen LogP contribution in [-0.2, 0) is 6.54 Å². The Morgan fingerprint density at radius 2 is 2.08 bits per heavy atom. The molecule has 0 aliphatic rings. The number of carbonyl (C=O) groups excluding carboxylic acids is 1. The minimum Gasteiger partial charge on any atom is -0.330 e. The molecule has 9 heteroatoms. The van der Waals surface area contributed by atoms with Crippen molar-refractivity contribution in [1.82, 2.24) is 24.7 Å². The molecule has 24 heavy (non-hydrogen) atoms. The van der Waals surface area contributed by atoms with Gasteiger partial charge in [-0.05, 0) is 26.8 Å². The van der Waals surface area contributed by atoms with E-state index >= 15 is 0 Å². The van der Waals surface area contributed by atoms with Crippen LogP contribution in [0.2, 0.25) is 0 Å². The second-order valence-electron chi connectivity index (χ2n) is 5.01. The van der Waals surface area contributed by atoms with Crippen LogP contribution >= 0.6 is 11.3 Å². The molecule has 3 rings (SSSR count). The molecule has 0 saturated carbocycles. The maximum Gasteiger partial charge on any atom is 0.278 e. The average molecular weight is 343 g/mol. The standard InChI is InChI=1S/C15H17N7OS/c1-4-22-12(6-8-17-22)21-15-13(19-10(3)24-15)14(23)20-11-5-7-16-9(2)18-11/h5-8,21H,4H2,1-3H3,(H,16,18,20,23). The average Bonchev–Trinajstić information content (AvgIpc) is 3.14. The molecular formula is C15H17N7OS. The lowest BCUT2D eigenvalue weighted by Gasteiger charge is -2.08. The molecule has 0 saturated heterocycles. The lowest BCUT2D eigenvalue weighted by molar-refractivity contribution is 0.102. The van der Waals surface area contributed by atoms with Gasteiger partial charge in [0.2, 0.25) is 0 Å². The number of carbonyl (C=O) groups is 1. The number of nitrogens with one attached hydrogen (secondary N) is 2. The Morgan fingerprint density at radius 3 is 2.83 bits per heavy atom. The second kappa shape index (κ2) is 6.75. The van der Waals surface area contributed by atoms with E-state index in [9.17, 15) is 4.79 Å². The van der Waals surface area contributed by atoms with Crippen molar-refractivity contribution in [3.05, 3.63) is 41.1 Å². The van der Waals surface area contributed by atoms with Crippen LogP contribution in [0.15, 0.2) is 24.5 Å². The van der Waals surface area contributed by atoms with E-state index in [4.69, 9.17) is 0 Å². The molecule has 0 aliphatic heterocycles. The first-order valence-corrected chi connectivity index (χ1v) is 8.25. The number of thiazole rings is 1. The molecule has 0 fully saturated rings. The fourth-order valence-corrected chi connectivity index (χ4v) is 3.00. The van der Waals surface area contributed by atoms with Crippen LogP contribution in [-0.4, -0.2) is 30.6 Å². The van der Waals surface area contributed by atoms with Crippen molar-refractivity contribution in [3.63, 3.8) is 0 Å². The highest BCUT2D eigenvalue weighted by atomic mass is 32.1. The minimum atomic E-state index is -0.317. The van der Waals surface area contributed by atoms with Crippen molar-refractivity contribution in [3.8, 4) is 0 Å². The lowest BCUT2D eigenvalue weighted by atomic mass is 10.4. The van der Waals surface area contributed by atoms with Gasteiger partial charge in [-0.15, -0.1) is 11.3 Å². The molecular weight excluding hydrogens is 326 g/mol. The normalized spacial score (nSPS) is 10.6. The van der Waals surface area contributed by atoms with Gasteiger partial charge in [-0.25, -0.2) is 19.6 Å². The van der Waals surface area contributed by atoms with E-state index in [-0.39, 0.29) is 5.91 Å². The second-order valence-corrected chi connectivity index (χ2v) is 6.21. The van der Waals surface area contributed by atoms with Crippen molar-refractivity contribution >= 4 is 33.9 Å². The zero-order valence-electron chi connectivity index (χ0n) is 13.6. The molecule has 0 unspecified atom stereocenters. The quantitative estimate of drug-likeness (QED) is 0.739. The summed E-state index contributed by atoms with van der Waals surface area (Å²) in [6.45, 7) is 6.36. The monoisotopic (exact) mass is 343 g/mol. The van der Waals surface area contributed by atoms with Gasteiger partial charge in [0, 0.05) is 18.8 Å². The van der Waals surface area contributed by atoms with Crippen LogP contribution in [0.3, 0.4) is 0 Å². The van der Waals surface area contributed by atoms with Crippen molar-refractivity contribution in [2.24, 2.45) is 0 Å². The van der Waals surface area contributed by atoms with E-state index in [0.29, 0.717) is 22.3 Å². The first kappa shape index (κ1) is 16.1. The Hall–Kier alpha value is -2.81. The van der Waals surface area contributed by atoms with E-state index < -0.39 is 0 Å². The van der Waals surface area contributed by atoms with Gasteiger partial charge in [0.25, 0.3) is 5.91 Å². The predicted octanol–water partition coefficient (Wildman–Crippen LogP) is 2.76. The van der Waals surface area contributed by atoms with Crippen molar-refractivity contribution in [2.45, 2.75) is 27.3 Å². The summed E-state index contributed by atoms with van der Waals surface area (Å²) in [5.41, 5.74) is 0.331. The summed E-state index contributed by atoms with van der Waals surface area (Å²) >= 11 is 1.42. The molecule has 0 radical (unpaired) electrons. The number of nitrogens with zero attached hydrogens (tertiary/aromatic N) is 5. The maximum absolute atomic E-state index is 12.6. The van der Waals surface area contributed by atoms with E-state index in [1.54, 1.807) is 25.4 Å². The Morgan fingerprint density at radius 1 is 1.25 bits per heavy atom. The van der Waals surface area contributed by atoms with Gasteiger partial charge in [-0.3, -0.25) is 4.79 Å². The molecule has 3 aromatic rings. The molecule has 124 valence electrons. The van der Waals surface area contributed by atoms with Crippen molar-refractivity contribution in [2.75, 3.05) is 10.6 Å². The molecule has 0 aliphatic carbocycles. The zero-order chi connectivity index (χ0) is 17.1. The Bertz CT molecular complexity index is 870. The van der Waals surface area contributed by atoms with Crippen molar-refractivity contribution < 1.29 is 4.79 Å². The first-order chi connectivity index (χ1) is 11.6. The van der Waals surface area contributed by atoms with Gasteiger partial charge in [-0.1, -0.05) is 0 Å². The highest BCUT2D eigenvalue weighted by molar-refractivity contribution is 7.16. The molecule has 0 atom stereocenters. The summed E-state index contributed by atoms with van der Waals surface area (Å²) in [7, 11) is 0. The third-order valence-electron chi connectivity index (χ3n) is 3.22. The number of aryl methyl sites for hydroxylation is 3. The van der Waals surface area contributed by atoms with Crippen LogP contribution in [0.25, 0.3) is 0 Å². The van der Waals surface area contributed by atoms with E-state index in [2.05, 4.69) is 30.7 Å². The Labute approximate surface area is 143 Å². The molecule has 3 aromatic heterocycles. The third kappa shape index (κ3) is 3.40. The molecule has 0 bridgehead atoms. The predicted molar refractivity (Wildman–Crippen MR) is 92.8 cm³/mol. The Kier molecular flexibility index (Phi) is 4.52. The summed E-state index contributed by atoms with van der Waals surface area (Å²) < 4.78 is 1.81. The Balaban J connectivity index is 1.84. The first-order valence-electron chi connectivity index (χ1n) is 7.44. The van der Waals surface area contributed by atoms with Crippen LogP contribution < -0.4 is 10.6 Å². The molecule has 8 nitrogen and oxygen atoms in total. The minimum absolute atomic E-state index is 0.317. The third-order valence-corrected chi connectivity index (χ3v) is 4.11. The largest absolute Gasteiger partial charge is 0.330 e. The summed E-state index contributed by atoms with van der Waals surface area (Å²) in [6, 6.07) is 3.50. The van der Waals surface area contributed by atoms with Gasteiger partial charge in [0.05, 0.1) is 11.2 Å². The summed E-state index contributed by atoms with van der Waals surface area (Å²) in [6.07, 6.45) is 3.31. The zero-order valence-corrected chi connectivity index (χ0v) is 14.4. The topological polar surface area (TPSA) is 97.6 Å². The van der Waals surface area contributed by atoms with Crippen LogP contribution in [0.4, 0.5) is 16.6 Å². The SMILES string of the molecule is CCn1nccc1Nc1sc(C)nc1C(=O)Nc1ccnc(C)n1. The van der Waals surface area contributed by atoms with Crippen LogP contribution in [0.5, 0.6) is 0 Å². The number of rotatable bonds is 5. The molecule has 0 aromatic carbocycles. The van der Waals surface area contributed by atoms with Gasteiger partial charge >= 0.3 is 0 Å². The number of hydrogen-bond acceptors (Lipinski definition) is 7. The van der Waals surface area contributed by atoms with Gasteiger partial charge in [-0.2, -0.15) is 5.10 Å². The van der Waals surface area contributed by atoms with Gasteiger partial charge in [0.15, 0.2) is 5.69 Å². The fourth-order valence-electron chi connectivity index (χ4n) is 2.17. The molecule has 0 spiro atoms. The van der Waals surface area contributed by atoms with Crippen LogP contribution in [0.1, 0.15) is 28.2 Å². The fraction of sp³-hybridized carbons (Fsp3) is 0.267. The van der Waals surface area contributed by atoms with E-state index in [1.807, 2.05) is 24.6 Å². The number of anilines is 3. The van der Waals surface area contributed by atoms with Gasteiger partial charge in [0.1, 0.15) is 22.5 Å². The van der Waals surface area contributed by atoms with Gasteiger partial charge < -0.3 is 10.6 Å².